The van der Waals surface area contributed by atoms with Crippen molar-refractivity contribution in [3.05, 3.63) is 66.4 Å². The summed E-state index contributed by atoms with van der Waals surface area (Å²) in [5.74, 6) is 0. The zero-order valence-electron chi connectivity index (χ0n) is 16.5. The van der Waals surface area contributed by atoms with E-state index in [9.17, 15) is 0 Å². The van der Waals surface area contributed by atoms with Crippen molar-refractivity contribution < 1.29 is 4.57 Å². The highest BCUT2D eigenvalue weighted by molar-refractivity contribution is 7.26. The Balaban J connectivity index is 1.99. The van der Waals surface area contributed by atoms with Gasteiger partial charge < -0.3 is 0 Å². The first-order valence-corrected chi connectivity index (χ1v) is 10.8. The molecular formula is C25H26NS+. The van der Waals surface area contributed by atoms with E-state index < -0.39 is 0 Å². The van der Waals surface area contributed by atoms with Gasteiger partial charge in [-0.15, -0.1) is 11.3 Å². The zero-order valence-corrected chi connectivity index (χ0v) is 17.4. The Bertz CT molecular complexity index is 1190. The largest absolute Gasteiger partial charge is 0.214 e. The van der Waals surface area contributed by atoms with Crippen LogP contribution in [0, 0.1) is 0 Å². The normalized spacial score (nSPS) is 24.1. The van der Waals surface area contributed by atoms with Crippen molar-refractivity contribution in [2.45, 2.75) is 51.5 Å². The van der Waals surface area contributed by atoms with Crippen LogP contribution in [0.15, 0.2) is 60.8 Å². The first-order chi connectivity index (χ1) is 13.0. The van der Waals surface area contributed by atoms with Crippen LogP contribution in [0.5, 0.6) is 0 Å². The molecule has 0 N–H and O–H groups in total. The second-order valence-electron chi connectivity index (χ2n) is 8.23. The van der Waals surface area contributed by atoms with E-state index in [2.05, 4.69) is 93.1 Å². The highest BCUT2D eigenvalue weighted by atomic mass is 32.1. The van der Waals surface area contributed by atoms with Gasteiger partial charge in [0, 0.05) is 45.6 Å². The van der Waals surface area contributed by atoms with E-state index in [1.807, 2.05) is 11.3 Å². The molecule has 27 heavy (non-hydrogen) atoms. The number of hydrogen-bond acceptors (Lipinski definition) is 1. The lowest BCUT2D eigenvalue weighted by molar-refractivity contribution is -0.765. The first kappa shape index (κ1) is 16.9. The third kappa shape index (κ3) is 1.97. The number of thiophene rings is 1. The van der Waals surface area contributed by atoms with Crippen molar-refractivity contribution in [1.29, 1.82) is 0 Å². The van der Waals surface area contributed by atoms with Crippen LogP contribution in [-0.4, -0.2) is 0 Å². The Morgan fingerprint density at radius 2 is 1.63 bits per heavy atom. The quantitative estimate of drug-likeness (QED) is 0.340. The molecule has 2 unspecified atom stereocenters. The molecule has 5 rings (SSSR count). The van der Waals surface area contributed by atoms with E-state index in [1.165, 1.54) is 37.0 Å². The van der Waals surface area contributed by atoms with Crippen LogP contribution < -0.4 is 4.57 Å². The number of hydrogen-bond donors (Lipinski definition) is 0. The van der Waals surface area contributed by atoms with Gasteiger partial charge in [0.2, 0.25) is 5.69 Å². The molecule has 0 saturated heterocycles. The maximum Gasteiger partial charge on any atom is 0.214 e. The summed E-state index contributed by atoms with van der Waals surface area (Å²) in [6.07, 6.45) is 4.53. The lowest BCUT2D eigenvalue weighted by atomic mass is 9.60. The van der Waals surface area contributed by atoms with Gasteiger partial charge >= 0.3 is 0 Å². The second-order valence-corrected chi connectivity index (χ2v) is 9.28. The Morgan fingerprint density at radius 3 is 2.41 bits per heavy atom. The van der Waals surface area contributed by atoms with Gasteiger partial charge in [0.05, 0.1) is 11.0 Å². The van der Waals surface area contributed by atoms with Gasteiger partial charge in [0.15, 0.2) is 11.7 Å². The summed E-state index contributed by atoms with van der Waals surface area (Å²) in [7, 11) is 0. The van der Waals surface area contributed by atoms with Gasteiger partial charge in [-0.1, -0.05) is 44.2 Å². The molecule has 4 aromatic rings. The van der Waals surface area contributed by atoms with Gasteiger partial charge in [0.1, 0.15) is 0 Å². The topological polar surface area (TPSA) is 3.88 Å². The third-order valence-corrected chi connectivity index (χ3v) is 8.58. The summed E-state index contributed by atoms with van der Waals surface area (Å²) >= 11 is 1.95. The summed E-state index contributed by atoms with van der Waals surface area (Å²) in [5.41, 5.74) is 4.49. The Labute approximate surface area is 165 Å². The predicted octanol–water partition coefficient (Wildman–Crippen LogP) is 6.82. The third-order valence-electron chi connectivity index (χ3n) is 7.37. The standard InChI is InChI=1S/C25H26NS/c1-5-24(3)19-15-14-18-17-11-7-8-13-21(17)27-23(18)22(19)20-12-9-10-16-26(20)25(24,4)6-2/h7-16H,5-6H2,1-4H3/q+1. The SMILES string of the molecule is CCC1(C)c2ccc3c(sc4ccccc43)c2-c2cccc[n+]2C1(C)CC. The molecule has 2 aromatic heterocycles. The van der Waals surface area contributed by atoms with E-state index in [1.54, 1.807) is 0 Å². The number of benzene rings is 2. The molecule has 0 bridgehead atoms. The molecule has 3 heterocycles. The molecule has 2 heteroatoms. The van der Waals surface area contributed by atoms with Gasteiger partial charge in [-0.2, -0.15) is 4.57 Å². The number of rotatable bonds is 2. The summed E-state index contributed by atoms with van der Waals surface area (Å²) < 4.78 is 5.37. The van der Waals surface area contributed by atoms with Crippen LogP contribution in [0.3, 0.4) is 0 Å². The fraction of sp³-hybridized carbons (Fsp3) is 0.320. The Morgan fingerprint density at radius 1 is 0.852 bits per heavy atom. The van der Waals surface area contributed by atoms with Crippen LogP contribution in [-0.2, 0) is 11.0 Å². The minimum atomic E-state index is 0.0652. The summed E-state index contributed by atoms with van der Waals surface area (Å²) in [4.78, 5) is 0. The monoisotopic (exact) mass is 372 g/mol. The van der Waals surface area contributed by atoms with E-state index in [0.717, 1.165) is 12.8 Å². The van der Waals surface area contributed by atoms with E-state index in [4.69, 9.17) is 0 Å². The Kier molecular flexibility index (Phi) is 3.55. The van der Waals surface area contributed by atoms with Crippen LogP contribution in [0.25, 0.3) is 31.4 Å². The minimum absolute atomic E-state index is 0.0652. The molecule has 0 radical (unpaired) electrons. The second kappa shape index (κ2) is 5.65. The van der Waals surface area contributed by atoms with Crippen LogP contribution in [0.2, 0.25) is 0 Å². The van der Waals surface area contributed by atoms with Crippen LogP contribution >= 0.6 is 11.3 Å². The lowest BCUT2D eigenvalue weighted by Gasteiger charge is -2.46. The van der Waals surface area contributed by atoms with E-state index in [-0.39, 0.29) is 11.0 Å². The molecule has 0 spiro atoms. The maximum atomic E-state index is 2.56. The number of nitrogens with zero attached hydrogens (tertiary/aromatic N) is 1. The zero-order chi connectivity index (χ0) is 18.8. The van der Waals surface area contributed by atoms with Gasteiger partial charge in [0.25, 0.3) is 0 Å². The molecule has 136 valence electrons. The number of aromatic nitrogens is 1. The summed E-state index contributed by atoms with van der Waals surface area (Å²) in [6, 6.07) is 20.3. The van der Waals surface area contributed by atoms with Gasteiger partial charge in [-0.25, -0.2) is 0 Å². The van der Waals surface area contributed by atoms with E-state index >= 15 is 0 Å². The molecule has 1 aliphatic heterocycles. The van der Waals surface area contributed by atoms with Crippen molar-refractivity contribution in [2.75, 3.05) is 0 Å². The van der Waals surface area contributed by atoms with Crippen molar-refractivity contribution in [3.63, 3.8) is 0 Å². The van der Waals surface area contributed by atoms with Crippen LogP contribution in [0.1, 0.15) is 46.1 Å². The maximum absolute atomic E-state index is 2.56. The lowest BCUT2D eigenvalue weighted by Crippen LogP contribution is -2.67. The van der Waals surface area contributed by atoms with Crippen molar-refractivity contribution in [2.24, 2.45) is 0 Å². The fourth-order valence-corrected chi connectivity index (χ4v) is 6.53. The van der Waals surface area contributed by atoms with Crippen molar-refractivity contribution in [1.82, 2.24) is 0 Å². The van der Waals surface area contributed by atoms with Gasteiger partial charge in [-0.3, -0.25) is 0 Å². The summed E-state index contributed by atoms with van der Waals surface area (Å²) in [6.45, 7) is 9.59. The van der Waals surface area contributed by atoms with E-state index in [0.29, 0.717) is 0 Å². The predicted molar refractivity (Wildman–Crippen MR) is 117 cm³/mol. The fourth-order valence-electron chi connectivity index (χ4n) is 5.27. The molecule has 1 nitrogen and oxygen atoms in total. The molecule has 2 aromatic carbocycles. The average Bonchev–Trinajstić information content (AvgIpc) is 3.10. The molecule has 0 amide bonds. The molecule has 0 saturated carbocycles. The molecule has 0 aliphatic carbocycles. The Hall–Kier alpha value is -2.19. The first-order valence-electron chi connectivity index (χ1n) is 10.0. The molecule has 2 atom stereocenters. The molecule has 1 aliphatic rings. The smallest absolute Gasteiger partial charge is 0.192 e. The number of pyridine rings is 1. The van der Waals surface area contributed by atoms with Crippen molar-refractivity contribution in [3.8, 4) is 11.3 Å². The van der Waals surface area contributed by atoms with Crippen molar-refractivity contribution >= 4 is 31.5 Å². The van der Waals surface area contributed by atoms with Crippen LogP contribution in [0.4, 0.5) is 0 Å². The average molecular weight is 373 g/mol. The van der Waals surface area contributed by atoms with Gasteiger partial charge in [-0.05, 0) is 31.0 Å². The highest BCUT2D eigenvalue weighted by Gasteiger charge is 2.56. The molecule has 0 fully saturated rings. The highest BCUT2D eigenvalue weighted by Crippen LogP contribution is 2.53. The number of fused-ring (bicyclic) bond motifs is 7. The molecular weight excluding hydrogens is 346 g/mol. The minimum Gasteiger partial charge on any atom is -0.192 e. The summed E-state index contributed by atoms with van der Waals surface area (Å²) in [5, 5.41) is 2.77.